The standard InChI is InChI=1S/C21H25N3O4/c25-21(12-13-22-19-10-4-5-11-20(19)24(26)27)23(16-18-9-6-14-28-18)15-17-7-2-1-3-8-17/h1-5,7-8,10-11,18,22H,6,9,12-16H2. The Balaban J connectivity index is 1.59. The van der Waals surface area contributed by atoms with Crippen LogP contribution in [-0.4, -0.2) is 41.5 Å². The molecule has 0 aliphatic carbocycles. The molecule has 1 aliphatic rings. The maximum Gasteiger partial charge on any atom is 0.292 e. The number of nitro groups is 1. The van der Waals surface area contributed by atoms with Gasteiger partial charge >= 0.3 is 0 Å². The van der Waals surface area contributed by atoms with E-state index in [0.29, 0.717) is 25.3 Å². The van der Waals surface area contributed by atoms with E-state index in [9.17, 15) is 14.9 Å². The third kappa shape index (κ3) is 5.53. The van der Waals surface area contributed by atoms with Gasteiger partial charge in [0.05, 0.1) is 11.0 Å². The van der Waals surface area contributed by atoms with Crippen molar-refractivity contribution in [3.63, 3.8) is 0 Å². The zero-order valence-corrected chi connectivity index (χ0v) is 15.8. The number of amides is 1. The van der Waals surface area contributed by atoms with Crippen LogP contribution in [0.5, 0.6) is 0 Å². The molecule has 1 amide bonds. The highest BCUT2D eigenvalue weighted by atomic mass is 16.6. The van der Waals surface area contributed by atoms with Crippen LogP contribution in [0, 0.1) is 10.1 Å². The van der Waals surface area contributed by atoms with Crippen molar-refractivity contribution in [1.29, 1.82) is 0 Å². The van der Waals surface area contributed by atoms with Gasteiger partial charge < -0.3 is 15.0 Å². The van der Waals surface area contributed by atoms with Crippen molar-refractivity contribution in [2.24, 2.45) is 0 Å². The van der Waals surface area contributed by atoms with E-state index >= 15 is 0 Å². The number of rotatable bonds is 9. The number of nitrogens with one attached hydrogen (secondary N) is 1. The van der Waals surface area contributed by atoms with Crippen LogP contribution in [0.15, 0.2) is 54.6 Å². The fourth-order valence-electron chi connectivity index (χ4n) is 3.34. The second kappa shape index (κ2) is 9.85. The molecule has 2 aromatic carbocycles. The van der Waals surface area contributed by atoms with Gasteiger partial charge in [0, 0.05) is 38.7 Å². The largest absolute Gasteiger partial charge is 0.379 e. The first-order valence-electron chi connectivity index (χ1n) is 9.54. The fraction of sp³-hybridized carbons (Fsp3) is 0.381. The van der Waals surface area contributed by atoms with Crippen molar-refractivity contribution in [3.8, 4) is 0 Å². The summed E-state index contributed by atoms with van der Waals surface area (Å²) in [6.45, 7) is 2.18. The van der Waals surface area contributed by atoms with Crippen LogP contribution in [0.1, 0.15) is 24.8 Å². The van der Waals surface area contributed by atoms with E-state index in [1.54, 1.807) is 18.2 Å². The number of carbonyl (C=O) groups excluding carboxylic acids is 1. The molecular formula is C21H25N3O4. The first-order chi connectivity index (χ1) is 13.6. The monoisotopic (exact) mass is 383 g/mol. The number of hydrogen-bond acceptors (Lipinski definition) is 5. The molecule has 3 rings (SSSR count). The maximum atomic E-state index is 12.8. The number of nitrogens with zero attached hydrogens (tertiary/aromatic N) is 2. The average Bonchev–Trinajstić information content (AvgIpc) is 3.21. The van der Waals surface area contributed by atoms with Crippen molar-refractivity contribution < 1.29 is 14.5 Å². The lowest BCUT2D eigenvalue weighted by Gasteiger charge is -2.26. The van der Waals surface area contributed by atoms with E-state index in [2.05, 4.69) is 5.32 Å². The number of nitro benzene ring substituents is 1. The molecule has 148 valence electrons. The van der Waals surface area contributed by atoms with Crippen LogP contribution in [0.2, 0.25) is 0 Å². The molecule has 28 heavy (non-hydrogen) atoms. The lowest BCUT2D eigenvalue weighted by atomic mass is 10.1. The first-order valence-corrected chi connectivity index (χ1v) is 9.54. The molecule has 1 fully saturated rings. The van der Waals surface area contributed by atoms with Crippen LogP contribution in [0.3, 0.4) is 0 Å². The molecule has 0 radical (unpaired) electrons. The predicted molar refractivity (Wildman–Crippen MR) is 107 cm³/mol. The van der Waals surface area contributed by atoms with Gasteiger partial charge in [0.25, 0.3) is 5.69 Å². The van der Waals surface area contributed by atoms with Crippen LogP contribution < -0.4 is 5.32 Å². The van der Waals surface area contributed by atoms with E-state index in [0.717, 1.165) is 25.0 Å². The molecule has 1 atom stereocenters. The number of carbonyl (C=O) groups is 1. The molecule has 0 saturated carbocycles. The number of para-hydroxylation sites is 2. The Kier molecular flexibility index (Phi) is 6.97. The minimum Gasteiger partial charge on any atom is -0.379 e. The molecule has 1 unspecified atom stereocenters. The van der Waals surface area contributed by atoms with Crippen LogP contribution in [0.4, 0.5) is 11.4 Å². The molecule has 1 N–H and O–H groups in total. The Labute approximate surface area is 164 Å². The summed E-state index contributed by atoms with van der Waals surface area (Å²) in [5.74, 6) is 0.00503. The highest BCUT2D eigenvalue weighted by Gasteiger charge is 2.23. The lowest BCUT2D eigenvalue weighted by Crippen LogP contribution is -2.37. The zero-order chi connectivity index (χ0) is 19.8. The van der Waals surface area contributed by atoms with Gasteiger partial charge in [-0.3, -0.25) is 14.9 Å². The van der Waals surface area contributed by atoms with E-state index in [4.69, 9.17) is 4.74 Å². The summed E-state index contributed by atoms with van der Waals surface area (Å²) in [5, 5.41) is 14.1. The summed E-state index contributed by atoms with van der Waals surface area (Å²) < 4.78 is 5.70. The molecule has 0 aromatic heterocycles. The molecule has 0 spiro atoms. The SMILES string of the molecule is O=C(CCNc1ccccc1[N+](=O)[O-])N(Cc1ccccc1)CC1CCCO1. The highest BCUT2D eigenvalue weighted by Crippen LogP contribution is 2.23. The summed E-state index contributed by atoms with van der Waals surface area (Å²) in [5.41, 5.74) is 1.50. The normalized spacial score (nSPS) is 15.9. The van der Waals surface area contributed by atoms with Gasteiger partial charge in [0.1, 0.15) is 5.69 Å². The second-order valence-corrected chi connectivity index (χ2v) is 6.85. The quantitative estimate of drug-likeness (QED) is 0.528. The smallest absolute Gasteiger partial charge is 0.292 e. The molecule has 2 aromatic rings. The Morgan fingerprint density at radius 3 is 2.64 bits per heavy atom. The lowest BCUT2D eigenvalue weighted by molar-refractivity contribution is -0.384. The second-order valence-electron chi connectivity index (χ2n) is 6.85. The fourth-order valence-corrected chi connectivity index (χ4v) is 3.34. The van der Waals surface area contributed by atoms with Gasteiger partial charge in [0.15, 0.2) is 0 Å². The van der Waals surface area contributed by atoms with E-state index in [1.807, 2.05) is 35.2 Å². The van der Waals surface area contributed by atoms with Crippen molar-refractivity contribution in [1.82, 2.24) is 4.90 Å². The molecular weight excluding hydrogens is 358 g/mol. The summed E-state index contributed by atoms with van der Waals surface area (Å²) in [4.78, 5) is 25.3. The average molecular weight is 383 g/mol. The minimum absolute atomic E-state index is 0.00503. The Bertz CT molecular complexity index is 791. The van der Waals surface area contributed by atoms with Gasteiger partial charge in [-0.1, -0.05) is 42.5 Å². The maximum absolute atomic E-state index is 12.8. The third-order valence-corrected chi connectivity index (χ3v) is 4.77. The number of benzene rings is 2. The van der Waals surface area contributed by atoms with Crippen molar-refractivity contribution >= 4 is 17.3 Å². The molecule has 1 heterocycles. The van der Waals surface area contributed by atoms with Gasteiger partial charge in [-0.25, -0.2) is 0 Å². The van der Waals surface area contributed by atoms with E-state index in [-0.39, 0.29) is 24.1 Å². The Hall–Kier alpha value is -2.93. The van der Waals surface area contributed by atoms with Crippen LogP contribution in [-0.2, 0) is 16.1 Å². The molecule has 1 saturated heterocycles. The molecule has 1 aliphatic heterocycles. The van der Waals surface area contributed by atoms with Crippen molar-refractivity contribution in [3.05, 3.63) is 70.3 Å². The Morgan fingerprint density at radius 1 is 1.18 bits per heavy atom. The number of hydrogen-bond donors (Lipinski definition) is 1. The minimum atomic E-state index is -0.427. The molecule has 7 nitrogen and oxygen atoms in total. The summed E-state index contributed by atoms with van der Waals surface area (Å²) in [6, 6.07) is 16.3. The summed E-state index contributed by atoms with van der Waals surface area (Å²) in [7, 11) is 0. The topological polar surface area (TPSA) is 84.7 Å². The van der Waals surface area contributed by atoms with Gasteiger partial charge in [-0.05, 0) is 24.5 Å². The summed E-state index contributed by atoms with van der Waals surface area (Å²) in [6.07, 6.45) is 2.33. The van der Waals surface area contributed by atoms with E-state index in [1.165, 1.54) is 6.07 Å². The third-order valence-electron chi connectivity index (χ3n) is 4.77. The first kappa shape index (κ1) is 19.8. The molecule has 7 heteroatoms. The Morgan fingerprint density at radius 2 is 1.93 bits per heavy atom. The van der Waals surface area contributed by atoms with Crippen molar-refractivity contribution in [2.75, 3.05) is 25.0 Å². The summed E-state index contributed by atoms with van der Waals surface area (Å²) >= 11 is 0. The number of ether oxygens (including phenoxy) is 1. The van der Waals surface area contributed by atoms with Crippen LogP contribution in [0.25, 0.3) is 0 Å². The van der Waals surface area contributed by atoms with Gasteiger partial charge in [0.2, 0.25) is 5.91 Å². The van der Waals surface area contributed by atoms with Gasteiger partial charge in [-0.2, -0.15) is 0 Å². The molecule has 0 bridgehead atoms. The predicted octanol–water partition coefficient (Wildman–Crippen LogP) is 3.60. The van der Waals surface area contributed by atoms with Gasteiger partial charge in [-0.15, -0.1) is 0 Å². The van der Waals surface area contributed by atoms with Crippen LogP contribution >= 0.6 is 0 Å². The number of anilines is 1. The zero-order valence-electron chi connectivity index (χ0n) is 15.8. The van der Waals surface area contributed by atoms with E-state index < -0.39 is 4.92 Å². The van der Waals surface area contributed by atoms with Crippen molar-refractivity contribution in [2.45, 2.75) is 31.9 Å². The highest BCUT2D eigenvalue weighted by molar-refractivity contribution is 5.77.